The van der Waals surface area contributed by atoms with Crippen molar-refractivity contribution in [3.63, 3.8) is 0 Å². The van der Waals surface area contributed by atoms with Crippen LogP contribution >= 0.6 is 0 Å². The number of aromatic hydroxyl groups is 1. The molecule has 4 aliphatic carbocycles. The lowest BCUT2D eigenvalue weighted by molar-refractivity contribution is -0.146. The third-order valence-corrected chi connectivity index (χ3v) is 9.85. The molecule has 5 nitrogen and oxygen atoms in total. The molecule has 178 valence electrons. The summed E-state index contributed by atoms with van der Waals surface area (Å²) in [5.74, 6) is 0.861. The van der Waals surface area contributed by atoms with Crippen molar-refractivity contribution >= 4 is 5.91 Å². The number of phenols is 1. The molecule has 2 bridgehead atoms. The zero-order valence-corrected chi connectivity index (χ0v) is 19.9. The summed E-state index contributed by atoms with van der Waals surface area (Å²) in [4.78, 5) is 15.9. The smallest absolute Gasteiger partial charge is 0.223 e. The number of nitrogens with zero attached hydrogens (tertiary/aromatic N) is 1. The van der Waals surface area contributed by atoms with Crippen molar-refractivity contribution in [3.05, 3.63) is 64.7 Å². The quantitative estimate of drug-likeness (QED) is 0.642. The van der Waals surface area contributed by atoms with Crippen LogP contribution in [0.5, 0.6) is 5.75 Å². The van der Waals surface area contributed by atoms with Crippen LogP contribution in [0.25, 0.3) is 0 Å². The van der Waals surface area contributed by atoms with Crippen molar-refractivity contribution in [2.45, 2.75) is 69.1 Å². The molecule has 1 aliphatic heterocycles. The summed E-state index contributed by atoms with van der Waals surface area (Å²) in [6.07, 6.45) is 5.68. The van der Waals surface area contributed by atoms with Gasteiger partial charge in [-0.05, 0) is 80.2 Å². The standard InChI is InChI=1S/C29H34N2O3/c1-18-2-4-19(5-3-18)14-30-25(33)22-12-28-16-27(11-21-8-9-23(32)10-24(21)28)17-31(15-20-6-7-20)26(27)29(28,34)13-22/h2-5,8-10,20,22,26,32,34H,6-7,11-17H2,1H3,(H,30,33)/t22-,26?,27+,28?,29+/m0/s1. The average Bonchev–Trinajstić information content (AvgIpc) is 3.54. The van der Waals surface area contributed by atoms with Crippen molar-refractivity contribution < 1.29 is 15.0 Å². The maximum Gasteiger partial charge on any atom is 0.223 e. The molecular formula is C29H34N2O3. The fourth-order valence-corrected chi connectivity index (χ4v) is 8.48. The molecule has 34 heavy (non-hydrogen) atoms. The van der Waals surface area contributed by atoms with Crippen LogP contribution in [0.15, 0.2) is 42.5 Å². The fourth-order valence-electron chi connectivity index (χ4n) is 8.48. The van der Waals surface area contributed by atoms with Gasteiger partial charge in [0.15, 0.2) is 0 Å². The Morgan fingerprint density at radius 3 is 2.71 bits per heavy atom. The first-order chi connectivity index (χ1) is 16.3. The lowest BCUT2D eigenvalue weighted by atomic mass is 9.61. The molecule has 2 aromatic rings. The first kappa shape index (κ1) is 21.0. The van der Waals surface area contributed by atoms with E-state index in [1.807, 2.05) is 6.07 Å². The Morgan fingerprint density at radius 1 is 1.15 bits per heavy atom. The Morgan fingerprint density at radius 2 is 1.94 bits per heavy atom. The van der Waals surface area contributed by atoms with Gasteiger partial charge >= 0.3 is 0 Å². The molecule has 2 aromatic carbocycles. The molecule has 5 heteroatoms. The molecule has 2 spiro atoms. The van der Waals surface area contributed by atoms with E-state index >= 15 is 0 Å². The zero-order chi connectivity index (χ0) is 23.3. The maximum atomic E-state index is 13.4. The predicted octanol–water partition coefficient (Wildman–Crippen LogP) is 3.44. The number of benzene rings is 2. The molecule has 4 fully saturated rings. The van der Waals surface area contributed by atoms with Crippen LogP contribution in [-0.2, 0) is 23.2 Å². The maximum absolute atomic E-state index is 13.4. The largest absolute Gasteiger partial charge is 0.508 e. The van der Waals surface area contributed by atoms with E-state index < -0.39 is 11.0 Å². The number of carbonyl (C=O) groups excluding carboxylic acids is 1. The van der Waals surface area contributed by atoms with E-state index in [0.29, 0.717) is 19.4 Å². The van der Waals surface area contributed by atoms with Gasteiger partial charge in [-0.3, -0.25) is 9.69 Å². The minimum Gasteiger partial charge on any atom is -0.508 e. The van der Waals surface area contributed by atoms with Gasteiger partial charge in [0.05, 0.1) is 5.60 Å². The van der Waals surface area contributed by atoms with E-state index in [2.05, 4.69) is 47.5 Å². The zero-order valence-electron chi connectivity index (χ0n) is 19.9. The van der Waals surface area contributed by atoms with Crippen molar-refractivity contribution in [1.29, 1.82) is 0 Å². The van der Waals surface area contributed by atoms with Crippen molar-refractivity contribution in [2.75, 3.05) is 13.1 Å². The minimum atomic E-state index is -0.926. The Hall–Kier alpha value is -2.37. The lowest BCUT2D eigenvalue weighted by Gasteiger charge is -2.58. The number of hydrogen-bond donors (Lipinski definition) is 3. The Bertz CT molecular complexity index is 1170. The fraction of sp³-hybridized carbons (Fsp3) is 0.552. The topological polar surface area (TPSA) is 72.8 Å². The lowest BCUT2D eigenvalue weighted by Crippen LogP contribution is -2.70. The minimum absolute atomic E-state index is 0.0451. The van der Waals surface area contributed by atoms with Gasteiger partial charge in [0.25, 0.3) is 0 Å². The Labute approximate surface area is 201 Å². The summed E-state index contributed by atoms with van der Waals surface area (Å²) in [7, 11) is 0. The van der Waals surface area contributed by atoms with E-state index in [1.54, 1.807) is 6.07 Å². The second kappa shape index (κ2) is 6.86. The molecule has 3 N–H and O–H groups in total. The normalized spacial score (nSPS) is 37.5. The molecule has 5 aliphatic rings. The molecule has 5 atom stereocenters. The van der Waals surface area contributed by atoms with Gasteiger partial charge in [-0.2, -0.15) is 0 Å². The highest BCUT2D eigenvalue weighted by Crippen LogP contribution is 2.73. The number of aliphatic hydroxyl groups is 1. The second-order valence-corrected chi connectivity index (χ2v) is 12.1. The number of fused-ring (bicyclic) bond motifs is 2. The van der Waals surface area contributed by atoms with E-state index in [1.165, 1.54) is 24.0 Å². The molecular weight excluding hydrogens is 424 g/mol. The second-order valence-electron chi connectivity index (χ2n) is 12.1. The predicted molar refractivity (Wildman–Crippen MR) is 129 cm³/mol. The van der Waals surface area contributed by atoms with E-state index in [9.17, 15) is 15.0 Å². The van der Waals surface area contributed by atoms with E-state index in [-0.39, 0.29) is 29.0 Å². The van der Waals surface area contributed by atoms with Gasteiger partial charge in [0.1, 0.15) is 5.75 Å². The molecule has 3 saturated carbocycles. The SMILES string of the molecule is Cc1ccc(CNC(=O)[C@H]2CC34C[C@]5(Cc6ccc(O)cc63)CN(CC3CC3)C5[C@]4(O)C2)cc1. The summed E-state index contributed by atoms with van der Waals surface area (Å²) in [6.45, 7) is 4.71. The molecule has 0 radical (unpaired) electrons. The van der Waals surface area contributed by atoms with Crippen LogP contribution in [0.1, 0.15) is 54.4 Å². The number of likely N-dealkylation sites (tertiary alicyclic amines) is 1. The number of nitrogens with one attached hydrogen (secondary N) is 1. The van der Waals surface area contributed by atoms with Gasteiger partial charge in [0, 0.05) is 42.4 Å². The Balaban J connectivity index is 1.21. The van der Waals surface area contributed by atoms with Gasteiger partial charge in [-0.15, -0.1) is 0 Å². The van der Waals surface area contributed by atoms with Gasteiger partial charge in [-0.1, -0.05) is 35.9 Å². The first-order valence-corrected chi connectivity index (χ1v) is 12.9. The van der Waals surface area contributed by atoms with Gasteiger partial charge in [-0.25, -0.2) is 0 Å². The number of aryl methyl sites for hydroxylation is 1. The van der Waals surface area contributed by atoms with Crippen LogP contribution in [0, 0.1) is 24.2 Å². The monoisotopic (exact) mass is 458 g/mol. The summed E-state index contributed by atoms with van der Waals surface area (Å²) < 4.78 is 0. The summed E-state index contributed by atoms with van der Waals surface area (Å²) in [5.41, 5.74) is 3.39. The van der Waals surface area contributed by atoms with Crippen LogP contribution in [0.4, 0.5) is 0 Å². The van der Waals surface area contributed by atoms with Crippen molar-refractivity contribution in [1.82, 2.24) is 10.2 Å². The summed E-state index contributed by atoms with van der Waals surface area (Å²) in [5, 5.41) is 26.1. The third kappa shape index (κ3) is 2.77. The van der Waals surface area contributed by atoms with Gasteiger partial charge < -0.3 is 15.5 Å². The molecule has 1 heterocycles. The average molecular weight is 459 g/mol. The number of rotatable bonds is 5. The molecule has 0 aromatic heterocycles. The number of hydrogen-bond acceptors (Lipinski definition) is 4. The Kier molecular flexibility index (Phi) is 4.23. The van der Waals surface area contributed by atoms with Crippen LogP contribution in [0.3, 0.4) is 0 Å². The van der Waals surface area contributed by atoms with E-state index in [4.69, 9.17) is 0 Å². The van der Waals surface area contributed by atoms with E-state index in [0.717, 1.165) is 43.0 Å². The highest BCUT2D eigenvalue weighted by atomic mass is 16.3. The molecule has 1 saturated heterocycles. The van der Waals surface area contributed by atoms with Crippen molar-refractivity contribution in [3.8, 4) is 5.75 Å². The highest BCUT2D eigenvalue weighted by molar-refractivity contribution is 5.80. The molecule has 7 rings (SSSR count). The highest BCUT2D eigenvalue weighted by Gasteiger charge is 2.80. The number of carbonyl (C=O) groups is 1. The molecule has 1 amide bonds. The third-order valence-electron chi connectivity index (χ3n) is 9.85. The summed E-state index contributed by atoms with van der Waals surface area (Å²) >= 11 is 0. The summed E-state index contributed by atoms with van der Waals surface area (Å²) in [6, 6.07) is 14.1. The number of phenolic OH excluding ortho intramolecular Hbond substituents is 1. The molecule has 2 unspecified atom stereocenters. The van der Waals surface area contributed by atoms with Crippen LogP contribution in [-0.4, -0.2) is 45.8 Å². The number of amides is 1. The van der Waals surface area contributed by atoms with Gasteiger partial charge in [0.2, 0.25) is 5.91 Å². The van der Waals surface area contributed by atoms with Crippen LogP contribution in [0.2, 0.25) is 0 Å². The van der Waals surface area contributed by atoms with Crippen LogP contribution < -0.4 is 5.32 Å². The first-order valence-electron chi connectivity index (χ1n) is 12.9. The van der Waals surface area contributed by atoms with Crippen molar-refractivity contribution in [2.24, 2.45) is 17.3 Å².